The van der Waals surface area contributed by atoms with Gasteiger partial charge in [0.2, 0.25) is 0 Å². The molecule has 1 rings (SSSR count). The minimum absolute atomic E-state index is 0.00203. The van der Waals surface area contributed by atoms with Crippen LogP contribution in [0.5, 0.6) is 0 Å². The lowest BCUT2D eigenvalue weighted by molar-refractivity contribution is -0.150. The van der Waals surface area contributed by atoms with Gasteiger partial charge in [-0.2, -0.15) is 0 Å². The number of ether oxygens (including phenoxy) is 2. The molecule has 0 fully saturated rings. The molecule has 0 spiro atoms. The smallest absolute Gasteiger partial charge is 0.306 e. The number of nitrogens with two attached hydrogens (primary N) is 1. The highest BCUT2D eigenvalue weighted by Crippen LogP contribution is 2.20. The van der Waals surface area contributed by atoms with E-state index in [1.54, 1.807) is 12.4 Å². The third-order valence-corrected chi connectivity index (χ3v) is 12.8. The summed E-state index contributed by atoms with van der Waals surface area (Å²) in [4.78, 5) is 42.8. The number of rotatable bonds is 47. The molecule has 0 aliphatic carbocycles. The summed E-state index contributed by atoms with van der Waals surface area (Å²) in [5.74, 6) is 0.852. The van der Waals surface area contributed by atoms with Crippen LogP contribution in [-0.2, 0) is 23.9 Å². The number of unbranched alkanes of at least 4 members (excludes halogenated alkanes) is 24. The molecule has 0 radical (unpaired) electrons. The Morgan fingerprint density at radius 1 is 0.600 bits per heavy atom. The predicted molar refractivity (Wildman–Crippen MR) is 274 cm³/mol. The molecule has 0 aromatic rings. The van der Waals surface area contributed by atoms with Crippen LogP contribution in [0.4, 0.5) is 0 Å². The predicted octanol–water partition coefficient (Wildman–Crippen LogP) is 14.0. The second-order valence-corrected chi connectivity index (χ2v) is 18.9. The monoisotopic (exact) mass is 914 g/mol. The summed E-state index contributed by atoms with van der Waals surface area (Å²) in [5.41, 5.74) is 6.68. The first-order valence-electron chi connectivity index (χ1n) is 27.5. The molecule has 0 bridgehead atoms. The molecule has 0 aromatic heterocycles. The van der Waals surface area contributed by atoms with Gasteiger partial charge in [0.15, 0.2) is 0 Å². The number of hydrogen-bond donors (Lipinski definition) is 3. The molecule has 378 valence electrons. The van der Waals surface area contributed by atoms with Gasteiger partial charge in [-0.3, -0.25) is 14.4 Å². The van der Waals surface area contributed by atoms with Crippen LogP contribution in [0.1, 0.15) is 259 Å². The number of amides is 1. The number of esters is 2. The van der Waals surface area contributed by atoms with E-state index in [1.807, 2.05) is 4.90 Å². The normalized spacial score (nSPS) is 12.9. The van der Waals surface area contributed by atoms with Crippen molar-refractivity contribution >= 4 is 17.8 Å². The summed E-state index contributed by atoms with van der Waals surface area (Å²) in [6, 6.07) is 0. The molecule has 1 amide bonds. The van der Waals surface area contributed by atoms with Gasteiger partial charge in [-0.05, 0) is 96.5 Å². The lowest BCUT2D eigenvalue weighted by Crippen LogP contribution is -2.33. The van der Waals surface area contributed by atoms with Crippen LogP contribution in [0.2, 0.25) is 0 Å². The van der Waals surface area contributed by atoms with Crippen LogP contribution in [0.15, 0.2) is 36.2 Å². The van der Waals surface area contributed by atoms with Gasteiger partial charge in [0.05, 0.1) is 12.2 Å². The highest BCUT2D eigenvalue weighted by atomic mass is 16.5. The number of carbonyl (C=O) groups excluding carboxylic acids is 3. The van der Waals surface area contributed by atoms with E-state index in [2.05, 4.69) is 49.8 Å². The zero-order valence-electron chi connectivity index (χ0n) is 42.9. The molecule has 1 heterocycles. The van der Waals surface area contributed by atoms with Gasteiger partial charge < -0.3 is 35.6 Å². The lowest BCUT2D eigenvalue weighted by atomic mass is 10.0. The summed E-state index contributed by atoms with van der Waals surface area (Å²) >= 11 is 0. The van der Waals surface area contributed by atoms with Crippen molar-refractivity contribution in [3.05, 3.63) is 36.2 Å². The molecule has 1 aliphatic rings. The van der Waals surface area contributed by atoms with E-state index >= 15 is 0 Å². The fourth-order valence-electron chi connectivity index (χ4n) is 8.82. The summed E-state index contributed by atoms with van der Waals surface area (Å²) in [7, 11) is 0. The van der Waals surface area contributed by atoms with Crippen molar-refractivity contribution in [2.45, 2.75) is 265 Å². The molecule has 0 saturated carbocycles. The summed E-state index contributed by atoms with van der Waals surface area (Å²) in [6.45, 7) is 17.3. The molecule has 0 aromatic carbocycles. The van der Waals surface area contributed by atoms with E-state index in [9.17, 15) is 14.4 Å². The van der Waals surface area contributed by atoms with Crippen LogP contribution >= 0.6 is 0 Å². The Bertz CT molecular complexity index is 1240. The average molecular weight is 914 g/mol. The number of nitrogens with zero attached hydrogens (tertiary/aromatic N) is 2. The first kappa shape index (κ1) is 60.0. The first-order chi connectivity index (χ1) is 31.8. The van der Waals surface area contributed by atoms with Gasteiger partial charge in [0.25, 0.3) is 5.91 Å². The highest BCUT2D eigenvalue weighted by Gasteiger charge is 2.22. The fourth-order valence-corrected chi connectivity index (χ4v) is 8.82. The number of hydrogen-bond acceptors (Lipinski definition) is 9. The standard InChI is InChI=1S/C55H103N5O5/c1-6-11-14-17-20-29-36-47-64-52(61)41-32-25-21-27-34-43-59(45-37-46-60(10-5)54-50(38-9-4)55(63)58-51(56)48-57-54)44-35-28-22-26-33-42-53(62)65-49(39-30-23-18-15-12-7-2)40-31-24-19-16-13-8-3/h10,48-49,57H,5-9,11-47,56H2,1-4H3,(H,58,63). The summed E-state index contributed by atoms with van der Waals surface area (Å²) in [6.07, 6.45) is 43.6. The molecule has 10 heteroatoms. The van der Waals surface area contributed by atoms with Crippen LogP contribution in [-0.4, -0.2) is 66.5 Å². The Hall–Kier alpha value is -3.01. The Morgan fingerprint density at radius 3 is 1.58 bits per heavy atom. The van der Waals surface area contributed by atoms with E-state index in [4.69, 9.17) is 15.2 Å². The Morgan fingerprint density at radius 2 is 1.06 bits per heavy atom. The zero-order chi connectivity index (χ0) is 47.4. The molecule has 4 N–H and O–H groups in total. The zero-order valence-corrected chi connectivity index (χ0v) is 42.9. The van der Waals surface area contributed by atoms with E-state index < -0.39 is 0 Å². The fraction of sp³-hybridized carbons (Fsp3) is 0.836. The van der Waals surface area contributed by atoms with Crippen molar-refractivity contribution in [3.8, 4) is 0 Å². The van der Waals surface area contributed by atoms with Gasteiger partial charge in [-0.15, -0.1) is 0 Å². The van der Waals surface area contributed by atoms with Crippen LogP contribution in [0.3, 0.4) is 0 Å². The SMILES string of the molecule is C=CN(CCCN(CCCCCCCC(=O)OCCCCCCCCC)CCCCCCCC(=O)OC(CCCCCCCC)CCCCCCCC)C1=C(CCC)C(=O)NC(N)=CN1. The Balaban J connectivity index is 2.58. The van der Waals surface area contributed by atoms with Crippen LogP contribution in [0.25, 0.3) is 0 Å². The maximum absolute atomic E-state index is 13.0. The topological polar surface area (TPSA) is 126 Å². The molecule has 65 heavy (non-hydrogen) atoms. The Kier molecular flexibility index (Phi) is 40.2. The number of carbonyl (C=O) groups is 3. The quantitative estimate of drug-likeness (QED) is 0.0404. The molecular weight excluding hydrogens is 811 g/mol. The van der Waals surface area contributed by atoms with E-state index in [0.717, 1.165) is 135 Å². The van der Waals surface area contributed by atoms with Crippen molar-refractivity contribution < 1.29 is 23.9 Å². The van der Waals surface area contributed by atoms with E-state index in [0.29, 0.717) is 37.3 Å². The van der Waals surface area contributed by atoms with Crippen molar-refractivity contribution in [3.63, 3.8) is 0 Å². The van der Waals surface area contributed by atoms with E-state index in [1.165, 1.54) is 109 Å². The van der Waals surface area contributed by atoms with Gasteiger partial charge in [-0.1, -0.05) is 182 Å². The summed E-state index contributed by atoms with van der Waals surface area (Å²) in [5, 5.41) is 6.04. The van der Waals surface area contributed by atoms with Crippen molar-refractivity contribution in [1.29, 1.82) is 0 Å². The van der Waals surface area contributed by atoms with Crippen LogP contribution < -0.4 is 16.4 Å². The maximum Gasteiger partial charge on any atom is 0.306 e. The highest BCUT2D eigenvalue weighted by molar-refractivity contribution is 5.95. The third-order valence-electron chi connectivity index (χ3n) is 12.8. The van der Waals surface area contributed by atoms with Crippen molar-refractivity contribution in [2.75, 3.05) is 32.8 Å². The molecule has 0 unspecified atom stereocenters. The average Bonchev–Trinajstić information content (AvgIpc) is 3.43. The molecule has 0 atom stereocenters. The molecule has 1 aliphatic heterocycles. The van der Waals surface area contributed by atoms with Gasteiger partial charge in [0.1, 0.15) is 17.7 Å². The third kappa shape index (κ3) is 34.0. The molecular formula is C55H103N5O5. The second-order valence-electron chi connectivity index (χ2n) is 18.9. The maximum atomic E-state index is 13.0. The summed E-state index contributed by atoms with van der Waals surface area (Å²) < 4.78 is 11.6. The van der Waals surface area contributed by atoms with Crippen molar-refractivity contribution in [2.24, 2.45) is 5.73 Å². The van der Waals surface area contributed by atoms with Gasteiger partial charge >= 0.3 is 11.9 Å². The van der Waals surface area contributed by atoms with Gasteiger partial charge in [0, 0.05) is 25.6 Å². The second kappa shape index (κ2) is 43.6. The molecule has 10 nitrogen and oxygen atoms in total. The largest absolute Gasteiger partial charge is 0.466 e. The van der Waals surface area contributed by atoms with Crippen LogP contribution in [0, 0.1) is 0 Å². The minimum atomic E-state index is -0.164. The van der Waals surface area contributed by atoms with Gasteiger partial charge in [-0.25, -0.2) is 0 Å². The lowest BCUT2D eigenvalue weighted by Gasteiger charge is -2.27. The molecule has 0 saturated heterocycles. The number of nitrogens with one attached hydrogen (secondary N) is 2. The van der Waals surface area contributed by atoms with Crippen molar-refractivity contribution in [1.82, 2.24) is 20.4 Å². The first-order valence-corrected chi connectivity index (χ1v) is 27.5. The van der Waals surface area contributed by atoms with E-state index in [-0.39, 0.29) is 23.9 Å². The minimum Gasteiger partial charge on any atom is -0.466 e. The Labute approximate surface area is 400 Å².